The first kappa shape index (κ1) is 59.4. The molecule has 0 unspecified atom stereocenters. The Morgan fingerprint density at radius 3 is 0.652 bits per heavy atom. The van der Waals surface area contributed by atoms with Crippen molar-refractivity contribution in [1.29, 1.82) is 0 Å². The summed E-state index contributed by atoms with van der Waals surface area (Å²) < 4.78 is 5.29. The van der Waals surface area contributed by atoms with Gasteiger partial charge in [-0.3, -0.25) is 19.2 Å². The molecule has 92 heavy (non-hydrogen) atoms. The highest BCUT2D eigenvalue weighted by Gasteiger charge is 2.48. The van der Waals surface area contributed by atoms with Gasteiger partial charge in [-0.05, 0) is 122 Å². The number of rotatable bonds is 24. The van der Waals surface area contributed by atoms with E-state index >= 15 is 0 Å². The van der Waals surface area contributed by atoms with Gasteiger partial charge in [0.15, 0.2) is 0 Å². The second kappa shape index (κ2) is 24.8. The number of aromatic nitrogens is 16. The molecule has 1 aliphatic heterocycles. The summed E-state index contributed by atoms with van der Waals surface area (Å²) >= 11 is 0. The maximum atomic E-state index is 12.0. The van der Waals surface area contributed by atoms with Gasteiger partial charge < -0.3 is 40.4 Å². The summed E-state index contributed by atoms with van der Waals surface area (Å²) in [4.78, 5) is 64.4. The molecule has 8 aromatic heterocycles. The van der Waals surface area contributed by atoms with Crippen molar-refractivity contribution < 1.29 is 39.6 Å². The molecule has 24 nitrogen and oxygen atoms in total. The lowest BCUT2D eigenvalue weighted by atomic mass is 9.70. The van der Waals surface area contributed by atoms with E-state index in [4.69, 9.17) is 0 Å². The Kier molecular flexibility index (Phi) is 16.0. The van der Waals surface area contributed by atoms with Crippen molar-refractivity contribution in [3.8, 4) is 0 Å². The lowest BCUT2D eigenvalue weighted by Crippen LogP contribution is -2.36. The summed E-state index contributed by atoms with van der Waals surface area (Å²) in [5.74, 6) is -4.20. The standard InChI is InChI=1S/C68H64N16O8/c85-61(86)41-81-37-49(73-77-81)29-33-65(45-13-5-1-6-14-45)53-21-23-55(69-53)66(46-15-7-2-8-16-46,34-30-50-38-82(78-74-50)42-62(87)88)57-25-27-59(71-57)68(48-19-11-4-12-20-48,36-32-52-40-84(80-76-52)44-64(91)92)60-28-26-58(72-60)67(47-17-9-3-10-18-47,56-24-22-54(65)70-56)35-31-51-39-83(79-75-51)43-63(89)90/h1-28,37-40,69-72H,29-36,41-44H2,(H,85,86)(H,87,88)(H,89,90)(H,91,92). The van der Waals surface area contributed by atoms with Gasteiger partial charge in [0.05, 0.1) is 44.4 Å². The zero-order valence-corrected chi connectivity index (χ0v) is 49.7. The van der Waals surface area contributed by atoms with Crippen molar-refractivity contribution in [2.75, 3.05) is 0 Å². The average Bonchev–Trinajstić information content (AvgIpc) is 1.42. The van der Waals surface area contributed by atoms with Crippen LogP contribution in [0.5, 0.6) is 0 Å². The van der Waals surface area contributed by atoms with Gasteiger partial charge in [0.2, 0.25) is 0 Å². The van der Waals surface area contributed by atoms with E-state index in [1.165, 1.54) is 18.7 Å². The molecule has 0 saturated carbocycles. The Morgan fingerprint density at radius 2 is 0.478 bits per heavy atom. The van der Waals surface area contributed by atoms with Crippen LogP contribution in [-0.4, -0.2) is 124 Å². The van der Waals surface area contributed by atoms with Crippen molar-refractivity contribution in [1.82, 2.24) is 79.9 Å². The number of aryl methyl sites for hydroxylation is 4. The van der Waals surface area contributed by atoms with Gasteiger partial charge in [-0.15, -0.1) is 20.4 Å². The summed E-state index contributed by atoms with van der Waals surface area (Å²) in [6.07, 6.45) is 9.65. The van der Waals surface area contributed by atoms with Gasteiger partial charge >= 0.3 is 23.9 Å². The Hall–Kier alpha value is -11.6. The zero-order chi connectivity index (χ0) is 63.5. The van der Waals surface area contributed by atoms with Gasteiger partial charge in [0.1, 0.15) is 26.2 Å². The second-order valence-corrected chi connectivity index (χ2v) is 23.4. The molecule has 8 bridgehead atoms. The second-order valence-electron chi connectivity index (χ2n) is 23.4. The highest BCUT2D eigenvalue weighted by Crippen LogP contribution is 2.52. The third kappa shape index (κ3) is 11.3. The minimum Gasteiger partial charge on any atom is -0.480 e. The van der Waals surface area contributed by atoms with Gasteiger partial charge in [-0.2, -0.15) is 0 Å². The van der Waals surface area contributed by atoms with Crippen LogP contribution in [0.15, 0.2) is 195 Å². The minimum atomic E-state index is -1.05. The summed E-state index contributed by atoms with van der Waals surface area (Å²) in [6, 6.07) is 58.1. The largest absolute Gasteiger partial charge is 0.480 e. The lowest BCUT2D eigenvalue weighted by molar-refractivity contribution is -0.139. The number of nitrogens with one attached hydrogen (secondary N) is 4. The predicted octanol–water partition coefficient (Wildman–Crippen LogP) is 7.89. The summed E-state index contributed by atoms with van der Waals surface area (Å²) in [7, 11) is 0. The summed E-state index contributed by atoms with van der Waals surface area (Å²) in [5.41, 5.74) is 8.37. The molecular formula is C68H64N16O8. The molecule has 0 aliphatic carbocycles. The molecule has 0 radical (unpaired) electrons. The number of fused-ring (bicyclic) bond motifs is 8. The van der Waals surface area contributed by atoms with Crippen molar-refractivity contribution in [3.05, 3.63) is 285 Å². The highest BCUT2D eigenvalue weighted by molar-refractivity contribution is 5.67. The fourth-order valence-electron chi connectivity index (χ4n) is 13.9. The fraction of sp³-hybridized carbons (Fsp3) is 0.235. The molecule has 24 heteroatoms. The Labute approximate surface area is 525 Å². The van der Waals surface area contributed by atoms with Crippen LogP contribution in [0, 0.1) is 0 Å². The van der Waals surface area contributed by atoms with E-state index in [0.29, 0.717) is 74.1 Å². The van der Waals surface area contributed by atoms with Gasteiger partial charge in [-0.1, -0.05) is 142 Å². The number of hydrogen-bond donors (Lipinski definition) is 8. The average molecular weight is 1230 g/mol. The molecule has 1 aliphatic rings. The molecule has 8 N–H and O–H groups in total. The van der Waals surface area contributed by atoms with Gasteiger partial charge in [0.25, 0.3) is 0 Å². The van der Waals surface area contributed by atoms with Crippen LogP contribution in [0.4, 0.5) is 0 Å². The molecule has 0 saturated heterocycles. The van der Waals surface area contributed by atoms with E-state index in [2.05, 4.69) is 158 Å². The van der Waals surface area contributed by atoms with Crippen LogP contribution < -0.4 is 0 Å². The van der Waals surface area contributed by atoms with Crippen molar-refractivity contribution >= 4 is 23.9 Å². The predicted molar refractivity (Wildman–Crippen MR) is 332 cm³/mol. The van der Waals surface area contributed by atoms with Crippen molar-refractivity contribution in [2.45, 2.75) is 99.2 Å². The first-order chi connectivity index (χ1) is 44.7. The smallest absolute Gasteiger partial charge is 0.325 e. The van der Waals surface area contributed by atoms with Gasteiger partial charge in [-0.25, -0.2) is 18.7 Å². The third-order valence-electron chi connectivity index (χ3n) is 18.0. The number of aromatic amines is 4. The van der Waals surface area contributed by atoms with E-state index in [9.17, 15) is 39.6 Å². The number of carbonyl (C=O) groups is 4. The number of hydrogen-bond acceptors (Lipinski definition) is 12. The van der Waals surface area contributed by atoms with E-state index in [-0.39, 0.29) is 26.2 Å². The topological polar surface area (TPSA) is 335 Å². The first-order valence-electron chi connectivity index (χ1n) is 30.2. The number of benzene rings is 4. The van der Waals surface area contributed by atoms with E-state index in [1.54, 1.807) is 24.8 Å². The number of H-pyrrole nitrogens is 4. The Bertz CT molecular complexity index is 3900. The first-order valence-corrected chi connectivity index (χ1v) is 30.2. The monoisotopic (exact) mass is 1230 g/mol. The third-order valence-corrected chi connectivity index (χ3v) is 18.0. The molecule has 9 heterocycles. The summed E-state index contributed by atoms with van der Waals surface area (Å²) in [6.45, 7) is -1.46. The van der Waals surface area contributed by atoms with Crippen molar-refractivity contribution in [2.24, 2.45) is 0 Å². The summed E-state index contributed by atoms with van der Waals surface area (Å²) in [5, 5.41) is 74.2. The van der Waals surface area contributed by atoms with Gasteiger partial charge in [0, 0.05) is 70.3 Å². The normalized spacial score (nSPS) is 18.6. The molecule has 12 aromatic rings. The van der Waals surface area contributed by atoms with Crippen molar-refractivity contribution in [3.63, 3.8) is 0 Å². The number of carboxylic acid groups (broad SMARTS) is 4. The van der Waals surface area contributed by atoms with Crippen LogP contribution in [0.1, 0.15) is 116 Å². The fourth-order valence-corrected chi connectivity index (χ4v) is 13.9. The van der Waals surface area contributed by atoms with Crippen LogP contribution in [-0.2, 0) is 92.7 Å². The molecule has 0 fully saturated rings. The molecule has 0 amide bonds. The van der Waals surface area contributed by atoms with Crippen LogP contribution in [0.3, 0.4) is 0 Å². The van der Waals surface area contributed by atoms with E-state index < -0.39 is 45.5 Å². The molecular weight excluding hydrogens is 1170 g/mol. The molecule has 13 rings (SSSR count). The zero-order valence-electron chi connectivity index (χ0n) is 49.7. The number of aliphatic carboxylic acids is 4. The van der Waals surface area contributed by atoms with Crippen LogP contribution >= 0.6 is 0 Å². The quantitative estimate of drug-likeness (QED) is 0.0285. The van der Waals surface area contributed by atoms with E-state index in [1.807, 2.05) is 72.8 Å². The molecule has 4 aromatic carbocycles. The number of nitrogens with zero attached hydrogens (tertiary/aromatic N) is 12. The highest BCUT2D eigenvalue weighted by atomic mass is 16.4. The Morgan fingerprint density at radius 1 is 0.293 bits per heavy atom. The Balaban J connectivity index is 1.11. The maximum absolute atomic E-state index is 12.0. The lowest BCUT2D eigenvalue weighted by Gasteiger charge is -2.38. The van der Waals surface area contributed by atoms with Crippen LogP contribution in [0.2, 0.25) is 0 Å². The molecule has 0 atom stereocenters. The van der Waals surface area contributed by atoms with E-state index in [0.717, 1.165) is 67.8 Å². The number of carboxylic acids is 4. The van der Waals surface area contributed by atoms with Crippen LogP contribution in [0.25, 0.3) is 0 Å². The molecule has 0 spiro atoms. The molecule has 464 valence electrons. The minimum absolute atomic E-state index is 0.348. The maximum Gasteiger partial charge on any atom is 0.325 e. The SMILES string of the molecule is O=C(O)Cn1cc(CCC2(c3ccccc3)c3ccc([nH]3)C(CCc3cn(CC(=O)O)nn3)(c3ccccc3)c3ccc([nH]3)C(CCc3cn(CC(=O)O)nn3)(c3ccccc3)c3ccc([nH]3)C(CCc3cn(CC(=O)O)nn3)(c3ccccc3)c3ccc2[nH]3)nn1.